The summed E-state index contributed by atoms with van der Waals surface area (Å²) >= 11 is 0.830. The lowest BCUT2D eigenvalue weighted by atomic mass is 10.3. The highest BCUT2D eigenvalue weighted by molar-refractivity contribution is 8.18. The molecule has 2 aromatic heterocycles. The summed E-state index contributed by atoms with van der Waals surface area (Å²) in [7, 11) is 1.24. The van der Waals surface area contributed by atoms with Gasteiger partial charge in [-0.05, 0) is 30.0 Å². The Morgan fingerprint density at radius 3 is 2.72 bits per heavy atom. The van der Waals surface area contributed by atoms with Gasteiger partial charge in [-0.3, -0.25) is 14.5 Å². The first kappa shape index (κ1) is 19.3. The zero-order valence-corrected chi connectivity index (χ0v) is 16.4. The molecule has 0 aliphatic carbocycles. The summed E-state index contributed by atoms with van der Waals surface area (Å²) in [5, 5.41) is -0.419. The molecule has 4 heterocycles. The fourth-order valence-electron chi connectivity index (χ4n) is 2.97. The van der Waals surface area contributed by atoms with E-state index in [0.29, 0.717) is 30.6 Å². The van der Waals surface area contributed by atoms with Crippen LogP contribution in [0.5, 0.6) is 0 Å². The van der Waals surface area contributed by atoms with Crippen molar-refractivity contribution in [2.24, 2.45) is 0 Å². The minimum Gasteiger partial charge on any atom is -0.463 e. The van der Waals surface area contributed by atoms with Gasteiger partial charge in [0.25, 0.3) is 11.1 Å². The number of imide groups is 1. The molecular formula is C19H18N2O7S. The van der Waals surface area contributed by atoms with Crippen molar-refractivity contribution in [3.8, 4) is 0 Å². The normalized spacial score (nSPS) is 18.7. The Hall–Kier alpha value is -2.98. The summed E-state index contributed by atoms with van der Waals surface area (Å²) < 4.78 is 21.0. The summed E-state index contributed by atoms with van der Waals surface area (Å²) in [5.74, 6) is 0.435. The number of morpholine rings is 1. The van der Waals surface area contributed by atoms with Crippen LogP contribution in [0.25, 0.3) is 6.08 Å². The maximum absolute atomic E-state index is 12.6. The van der Waals surface area contributed by atoms with Gasteiger partial charge >= 0.3 is 5.97 Å². The van der Waals surface area contributed by atoms with E-state index in [1.165, 1.54) is 19.2 Å². The van der Waals surface area contributed by atoms with Gasteiger partial charge in [0.2, 0.25) is 5.76 Å². The summed E-state index contributed by atoms with van der Waals surface area (Å²) in [5.41, 5.74) is 0. The Morgan fingerprint density at radius 1 is 1.17 bits per heavy atom. The van der Waals surface area contributed by atoms with Crippen molar-refractivity contribution in [2.45, 2.75) is 6.54 Å². The fourth-order valence-corrected chi connectivity index (χ4v) is 3.79. The number of thioether (sulfide) groups is 1. The van der Waals surface area contributed by atoms with Crippen molar-refractivity contribution >= 4 is 40.8 Å². The Morgan fingerprint density at radius 2 is 1.97 bits per heavy atom. The van der Waals surface area contributed by atoms with Gasteiger partial charge in [-0.1, -0.05) is 0 Å². The minimum absolute atomic E-state index is 0.0104. The van der Waals surface area contributed by atoms with Crippen LogP contribution in [0.1, 0.15) is 22.1 Å². The zero-order valence-electron chi connectivity index (χ0n) is 15.6. The van der Waals surface area contributed by atoms with E-state index in [2.05, 4.69) is 9.64 Å². The van der Waals surface area contributed by atoms with Crippen molar-refractivity contribution in [3.63, 3.8) is 0 Å². The second-order valence-electron chi connectivity index (χ2n) is 6.30. The van der Waals surface area contributed by atoms with E-state index < -0.39 is 17.1 Å². The van der Waals surface area contributed by atoms with Gasteiger partial charge in [-0.15, -0.1) is 0 Å². The average molecular weight is 418 g/mol. The number of carbonyl (C=O) groups excluding carboxylic acids is 3. The van der Waals surface area contributed by atoms with Crippen LogP contribution < -0.4 is 4.90 Å². The maximum Gasteiger partial charge on any atom is 0.373 e. The third-order valence-electron chi connectivity index (χ3n) is 4.44. The Labute approximate surface area is 170 Å². The summed E-state index contributed by atoms with van der Waals surface area (Å²) in [4.78, 5) is 39.8. The Bertz CT molecular complexity index is 971. The van der Waals surface area contributed by atoms with Crippen LogP contribution in [-0.4, -0.2) is 55.4 Å². The maximum atomic E-state index is 12.6. The molecule has 10 heteroatoms. The molecule has 2 amide bonds. The van der Waals surface area contributed by atoms with Crippen LogP contribution in [0.3, 0.4) is 0 Å². The largest absolute Gasteiger partial charge is 0.463 e. The molecule has 0 bridgehead atoms. The third kappa shape index (κ3) is 4.08. The Balaban J connectivity index is 1.45. The number of methoxy groups -OCH3 is 1. The number of amides is 2. The monoisotopic (exact) mass is 418 g/mol. The molecule has 152 valence electrons. The van der Waals surface area contributed by atoms with E-state index in [4.69, 9.17) is 13.6 Å². The standard InChI is InChI=1S/C19H18N2O7S/c1-25-18(23)14-4-2-13(27-14)11-21-17(22)15(29-19(21)24)10-12-3-5-16(28-12)20-6-8-26-9-7-20/h2-5,10H,6-9,11H2,1H3/b15-10+. The number of carbonyl (C=O) groups is 3. The second kappa shape index (κ2) is 8.18. The van der Waals surface area contributed by atoms with Gasteiger partial charge in [-0.25, -0.2) is 4.79 Å². The number of ether oxygens (including phenoxy) is 2. The molecule has 2 aromatic rings. The van der Waals surface area contributed by atoms with E-state index in [1.54, 1.807) is 12.1 Å². The van der Waals surface area contributed by atoms with Gasteiger partial charge in [-0.2, -0.15) is 0 Å². The van der Waals surface area contributed by atoms with Crippen LogP contribution in [0, 0.1) is 0 Å². The number of hydrogen-bond donors (Lipinski definition) is 0. The first-order valence-corrected chi connectivity index (χ1v) is 9.72. The predicted molar refractivity (Wildman–Crippen MR) is 103 cm³/mol. The molecule has 0 N–H and O–H groups in total. The molecule has 2 fully saturated rings. The van der Waals surface area contributed by atoms with Gasteiger partial charge in [0, 0.05) is 25.2 Å². The average Bonchev–Trinajstić information content (AvgIpc) is 3.45. The van der Waals surface area contributed by atoms with Crippen LogP contribution in [0.2, 0.25) is 0 Å². The minimum atomic E-state index is -0.626. The van der Waals surface area contributed by atoms with Crippen LogP contribution >= 0.6 is 11.8 Å². The molecule has 0 radical (unpaired) electrons. The predicted octanol–water partition coefficient (Wildman–Crippen LogP) is 2.73. The van der Waals surface area contributed by atoms with Gasteiger partial charge in [0.1, 0.15) is 11.5 Å². The number of furan rings is 2. The molecule has 0 atom stereocenters. The summed E-state index contributed by atoms with van der Waals surface area (Å²) in [6.45, 7) is 2.68. The van der Waals surface area contributed by atoms with Gasteiger partial charge < -0.3 is 23.2 Å². The molecule has 9 nitrogen and oxygen atoms in total. The van der Waals surface area contributed by atoms with Crippen LogP contribution in [-0.2, 0) is 20.8 Å². The number of rotatable bonds is 5. The molecular weight excluding hydrogens is 400 g/mol. The smallest absolute Gasteiger partial charge is 0.373 e. The van der Waals surface area contributed by atoms with Crippen molar-refractivity contribution in [2.75, 3.05) is 38.3 Å². The molecule has 2 aliphatic heterocycles. The SMILES string of the molecule is COC(=O)c1ccc(CN2C(=O)S/C(=C/c3ccc(N4CCOCC4)o3)C2=O)o1. The number of nitrogens with zero attached hydrogens (tertiary/aromatic N) is 2. The van der Waals surface area contributed by atoms with E-state index in [0.717, 1.165) is 29.8 Å². The Kier molecular flexibility index (Phi) is 5.45. The molecule has 0 spiro atoms. The number of anilines is 1. The third-order valence-corrected chi connectivity index (χ3v) is 5.35. The van der Waals surface area contributed by atoms with Gasteiger partial charge in [0.05, 0.1) is 31.8 Å². The lowest BCUT2D eigenvalue weighted by Crippen LogP contribution is -2.35. The molecule has 0 unspecified atom stereocenters. The van der Waals surface area contributed by atoms with E-state index in [1.807, 2.05) is 6.07 Å². The zero-order chi connectivity index (χ0) is 20.4. The van der Waals surface area contributed by atoms with Crippen LogP contribution in [0.15, 0.2) is 38.0 Å². The van der Waals surface area contributed by atoms with Crippen molar-refractivity contribution in [1.29, 1.82) is 0 Å². The summed E-state index contributed by atoms with van der Waals surface area (Å²) in [6.07, 6.45) is 1.55. The first-order chi connectivity index (χ1) is 14.0. The summed E-state index contributed by atoms with van der Waals surface area (Å²) in [6, 6.07) is 6.55. The molecule has 4 rings (SSSR count). The van der Waals surface area contributed by atoms with E-state index in [9.17, 15) is 14.4 Å². The van der Waals surface area contributed by atoms with E-state index in [-0.39, 0.29) is 17.2 Å². The molecule has 29 heavy (non-hydrogen) atoms. The lowest BCUT2D eigenvalue weighted by Gasteiger charge is -2.26. The first-order valence-electron chi connectivity index (χ1n) is 8.90. The fraction of sp³-hybridized carbons (Fsp3) is 0.316. The highest BCUT2D eigenvalue weighted by atomic mass is 32.2. The number of esters is 1. The number of hydrogen-bond acceptors (Lipinski definition) is 9. The van der Waals surface area contributed by atoms with Crippen molar-refractivity contribution < 1.29 is 32.7 Å². The highest BCUT2D eigenvalue weighted by Crippen LogP contribution is 2.34. The molecule has 2 aliphatic rings. The van der Waals surface area contributed by atoms with Crippen molar-refractivity contribution in [3.05, 3.63) is 46.5 Å². The van der Waals surface area contributed by atoms with Crippen molar-refractivity contribution in [1.82, 2.24) is 4.90 Å². The van der Waals surface area contributed by atoms with Gasteiger partial charge in [0.15, 0.2) is 5.88 Å². The topological polar surface area (TPSA) is 102 Å². The quantitative estimate of drug-likeness (QED) is 0.536. The molecule has 0 saturated carbocycles. The highest BCUT2D eigenvalue weighted by Gasteiger charge is 2.36. The molecule has 0 aromatic carbocycles. The second-order valence-corrected chi connectivity index (χ2v) is 7.29. The van der Waals surface area contributed by atoms with Crippen LogP contribution in [0.4, 0.5) is 10.7 Å². The van der Waals surface area contributed by atoms with E-state index >= 15 is 0 Å². The lowest BCUT2D eigenvalue weighted by molar-refractivity contribution is -0.123. The molecule has 2 saturated heterocycles.